The average molecular weight is 308 g/mol. The maximum Gasteiger partial charge on any atom is 0.268 e. The molecule has 2 aromatic rings. The number of aryl methyl sites for hydroxylation is 1. The van der Waals surface area contributed by atoms with Crippen molar-refractivity contribution in [1.29, 1.82) is 0 Å². The fourth-order valence-corrected chi connectivity index (χ4v) is 2.10. The SMILES string of the molecule is Cc1cc(OCc2ccccc2)c(Br)c(=O)n1C. The van der Waals surface area contributed by atoms with E-state index in [2.05, 4.69) is 15.9 Å². The van der Waals surface area contributed by atoms with Crippen molar-refractivity contribution < 1.29 is 4.74 Å². The summed E-state index contributed by atoms with van der Waals surface area (Å²) in [4.78, 5) is 11.9. The van der Waals surface area contributed by atoms with Gasteiger partial charge in [-0.2, -0.15) is 0 Å². The molecule has 1 aromatic heterocycles. The topological polar surface area (TPSA) is 31.2 Å². The van der Waals surface area contributed by atoms with Crippen LogP contribution in [0.2, 0.25) is 0 Å². The molecule has 0 bridgehead atoms. The van der Waals surface area contributed by atoms with Crippen molar-refractivity contribution in [2.45, 2.75) is 13.5 Å². The van der Waals surface area contributed by atoms with E-state index < -0.39 is 0 Å². The van der Waals surface area contributed by atoms with Crippen LogP contribution in [0.3, 0.4) is 0 Å². The molecule has 0 atom stereocenters. The fraction of sp³-hybridized carbons (Fsp3) is 0.214. The van der Waals surface area contributed by atoms with Crippen LogP contribution in [0.15, 0.2) is 45.7 Å². The second kappa shape index (κ2) is 5.40. The summed E-state index contributed by atoms with van der Waals surface area (Å²) in [5.41, 5.74) is 1.85. The molecule has 0 aliphatic heterocycles. The van der Waals surface area contributed by atoms with Gasteiger partial charge in [-0.3, -0.25) is 4.79 Å². The molecule has 0 saturated heterocycles. The summed E-state index contributed by atoms with van der Waals surface area (Å²) in [6, 6.07) is 11.7. The third kappa shape index (κ3) is 2.64. The van der Waals surface area contributed by atoms with E-state index in [4.69, 9.17) is 4.74 Å². The number of halogens is 1. The molecule has 2 rings (SSSR count). The Bertz CT molecular complexity index is 605. The van der Waals surface area contributed by atoms with Gasteiger partial charge in [0.05, 0.1) is 0 Å². The molecule has 0 spiro atoms. The normalized spacial score (nSPS) is 10.4. The molecular weight excluding hydrogens is 294 g/mol. The summed E-state index contributed by atoms with van der Waals surface area (Å²) in [5.74, 6) is 0.583. The van der Waals surface area contributed by atoms with Crippen LogP contribution in [0.4, 0.5) is 0 Å². The minimum atomic E-state index is -0.0851. The number of ether oxygens (including phenoxy) is 1. The maximum absolute atomic E-state index is 11.9. The largest absolute Gasteiger partial charge is 0.487 e. The number of hydrogen-bond donors (Lipinski definition) is 0. The molecular formula is C14H14BrNO2. The third-order valence-electron chi connectivity index (χ3n) is 2.81. The number of pyridine rings is 1. The van der Waals surface area contributed by atoms with Crippen LogP contribution in [0.5, 0.6) is 5.75 Å². The van der Waals surface area contributed by atoms with Crippen molar-refractivity contribution in [3.63, 3.8) is 0 Å². The molecule has 1 heterocycles. The standard InChI is InChI=1S/C14H14BrNO2/c1-10-8-12(13(15)14(17)16(10)2)18-9-11-6-4-3-5-7-11/h3-8H,9H2,1-2H3. The first-order valence-electron chi connectivity index (χ1n) is 5.62. The van der Waals surface area contributed by atoms with Gasteiger partial charge in [-0.15, -0.1) is 0 Å². The molecule has 0 amide bonds. The van der Waals surface area contributed by atoms with E-state index in [1.165, 1.54) is 0 Å². The molecule has 0 aliphatic rings. The molecule has 0 aliphatic carbocycles. The quantitative estimate of drug-likeness (QED) is 0.873. The molecule has 0 radical (unpaired) electrons. The zero-order valence-electron chi connectivity index (χ0n) is 10.3. The van der Waals surface area contributed by atoms with Gasteiger partial charge in [0.2, 0.25) is 0 Å². The highest BCUT2D eigenvalue weighted by molar-refractivity contribution is 9.10. The van der Waals surface area contributed by atoms with Crippen molar-refractivity contribution in [2.75, 3.05) is 0 Å². The minimum absolute atomic E-state index is 0.0851. The lowest BCUT2D eigenvalue weighted by atomic mass is 10.2. The highest BCUT2D eigenvalue weighted by Gasteiger charge is 2.09. The van der Waals surface area contributed by atoms with E-state index in [1.54, 1.807) is 11.6 Å². The van der Waals surface area contributed by atoms with Crippen LogP contribution >= 0.6 is 15.9 Å². The molecule has 4 heteroatoms. The minimum Gasteiger partial charge on any atom is -0.487 e. The van der Waals surface area contributed by atoms with Crippen molar-refractivity contribution in [2.24, 2.45) is 7.05 Å². The lowest BCUT2D eigenvalue weighted by molar-refractivity contribution is 0.302. The average Bonchev–Trinajstić information content (AvgIpc) is 2.40. The molecule has 0 unspecified atom stereocenters. The molecule has 3 nitrogen and oxygen atoms in total. The Morgan fingerprint density at radius 3 is 2.61 bits per heavy atom. The third-order valence-corrected chi connectivity index (χ3v) is 3.54. The van der Waals surface area contributed by atoms with E-state index in [9.17, 15) is 4.79 Å². The van der Waals surface area contributed by atoms with Gasteiger partial charge in [0.1, 0.15) is 16.8 Å². The molecule has 0 saturated carbocycles. The van der Waals surface area contributed by atoms with Crippen LogP contribution in [0, 0.1) is 6.92 Å². The summed E-state index contributed by atoms with van der Waals surface area (Å²) in [6.07, 6.45) is 0. The maximum atomic E-state index is 11.9. The Morgan fingerprint density at radius 2 is 1.94 bits per heavy atom. The summed E-state index contributed by atoms with van der Waals surface area (Å²) >= 11 is 3.28. The Balaban J connectivity index is 2.23. The lowest BCUT2D eigenvalue weighted by Crippen LogP contribution is -2.20. The van der Waals surface area contributed by atoms with E-state index in [-0.39, 0.29) is 5.56 Å². The first-order valence-corrected chi connectivity index (χ1v) is 6.41. The number of nitrogens with zero attached hydrogens (tertiary/aromatic N) is 1. The fourth-order valence-electron chi connectivity index (χ4n) is 1.60. The van der Waals surface area contributed by atoms with Gasteiger partial charge in [-0.05, 0) is 28.4 Å². The van der Waals surface area contributed by atoms with Crippen molar-refractivity contribution in [3.05, 3.63) is 62.5 Å². The molecule has 94 valence electrons. The molecule has 0 N–H and O–H groups in total. The second-order valence-corrected chi connectivity index (χ2v) is 4.90. The molecule has 0 fully saturated rings. The second-order valence-electron chi connectivity index (χ2n) is 4.10. The first-order chi connectivity index (χ1) is 8.59. The summed E-state index contributed by atoms with van der Waals surface area (Å²) in [6.45, 7) is 2.33. The zero-order valence-corrected chi connectivity index (χ0v) is 11.9. The summed E-state index contributed by atoms with van der Waals surface area (Å²) in [5, 5.41) is 0. The Kier molecular flexibility index (Phi) is 3.87. The first kappa shape index (κ1) is 12.9. The Morgan fingerprint density at radius 1 is 1.28 bits per heavy atom. The lowest BCUT2D eigenvalue weighted by Gasteiger charge is -2.11. The van der Waals surface area contributed by atoms with Gasteiger partial charge in [0, 0.05) is 18.8 Å². The monoisotopic (exact) mass is 307 g/mol. The number of hydrogen-bond acceptors (Lipinski definition) is 2. The van der Waals surface area contributed by atoms with Gasteiger partial charge in [-0.25, -0.2) is 0 Å². The van der Waals surface area contributed by atoms with Gasteiger partial charge < -0.3 is 9.30 Å². The number of aromatic nitrogens is 1. The van der Waals surface area contributed by atoms with Crippen LogP contribution in [-0.2, 0) is 13.7 Å². The number of benzene rings is 1. The van der Waals surface area contributed by atoms with Crippen molar-refractivity contribution in [3.8, 4) is 5.75 Å². The molecule has 18 heavy (non-hydrogen) atoms. The van der Waals surface area contributed by atoms with Crippen molar-refractivity contribution >= 4 is 15.9 Å². The highest BCUT2D eigenvalue weighted by atomic mass is 79.9. The van der Waals surface area contributed by atoms with Crippen LogP contribution in [0.25, 0.3) is 0 Å². The van der Waals surface area contributed by atoms with Gasteiger partial charge in [0.25, 0.3) is 5.56 Å². The van der Waals surface area contributed by atoms with Gasteiger partial charge in [-0.1, -0.05) is 30.3 Å². The van der Waals surface area contributed by atoms with Gasteiger partial charge in [0.15, 0.2) is 0 Å². The Labute approximate surface area is 114 Å². The van der Waals surface area contributed by atoms with Crippen LogP contribution in [-0.4, -0.2) is 4.57 Å². The van der Waals surface area contributed by atoms with E-state index in [1.807, 2.05) is 43.3 Å². The van der Waals surface area contributed by atoms with E-state index in [0.29, 0.717) is 16.8 Å². The van der Waals surface area contributed by atoms with Crippen molar-refractivity contribution in [1.82, 2.24) is 4.57 Å². The summed E-state index contributed by atoms with van der Waals surface area (Å²) < 4.78 is 7.73. The highest BCUT2D eigenvalue weighted by Crippen LogP contribution is 2.22. The predicted molar refractivity (Wildman–Crippen MR) is 74.9 cm³/mol. The van der Waals surface area contributed by atoms with E-state index >= 15 is 0 Å². The van der Waals surface area contributed by atoms with Gasteiger partial charge >= 0.3 is 0 Å². The van der Waals surface area contributed by atoms with E-state index in [0.717, 1.165) is 11.3 Å². The number of rotatable bonds is 3. The predicted octanol–water partition coefficient (Wildman–Crippen LogP) is 3.04. The smallest absolute Gasteiger partial charge is 0.268 e. The molecule has 1 aromatic carbocycles. The van der Waals surface area contributed by atoms with Crippen LogP contribution in [0.1, 0.15) is 11.3 Å². The Hall–Kier alpha value is -1.55. The van der Waals surface area contributed by atoms with Crippen LogP contribution < -0.4 is 10.3 Å². The summed E-state index contributed by atoms with van der Waals surface area (Å²) in [7, 11) is 1.74. The zero-order chi connectivity index (χ0) is 13.1.